The van der Waals surface area contributed by atoms with Gasteiger partial charge in [-0.05, 0) is 26.0 Å². The van der Waals surface area contributed by atoms with Crippen LogP contribution in [0.15, 0.2) is 29.6 Å². The van der Waals surface area contributed by atoms with Gasteiger partial charge in [0.1, 0.15) is 0 Å². The fraction of sp³-hybridized carbons (Fsp3) is 0.286. The first-order chi connectivity index (χ1) is 9.56. The first-order valence-electron chi connectivity index (χ1n) is 6.40. The summed E-state index contributed by atoms with van der Waals surface area (Å²) in [6, 6.07) is 7.72. The fourth-order valence-corrected chi connectivity index (χ4v) is 2.35. The molecule has 2 rings (SSSR count). The Bertz CT molecular complexity index is 594. The number of para-hydroxylation sites is 1. The molecule has 2 aromatic rings. The number of rotatable bonds is 5. The fourth-order valence-electron chi connectivity index (χ4n) is 1.79. The number of thiazole rings is 1. The number of hydrogen-bond donors (Lipinski definition) is 3. The van der Waals surface area contributed by atoms with E-state index in [1.165, 1.54) is 11.3 Å². The molecule has 106 valence electrons. The van der Waals surface area contributed by atoms with E-state index >= 15 is 0 Å². The van der Waals surface area contributed by atoms with Crippen LogP contribution in [0, 0.1) is 0 Å². The van der Waals surface area contributed by atoms with Gasteiger partial charge in [0, 0.05) is 17.1 Å². The molecule has 1 aromatic carbocycles. The summed E-state index contributed by atoms with van der Waals surface area (Å²) in [5.74, 6) is -0.125. The minimum Gasteiger partial charge on any atom is -0.382 e. The number of carbonyl (C=O) groups excluding carboxylic acids is 1. The van der Waals surface area contributed by atoms with E-state index in [2.05, 4.69) is 15.6 Å². The average molecular weight is 290 g/mol. The molecule has 1 aromatic heterocycles. The van der Waals surface area contributed by atoms with Gasteiger partial charge in [-0.1, -0.05) is 12.1 Å². The van der Waals surface area contributed by atoms with Gasteiger partial charge in [-0.15, -0.1) is 11.3 Å². The van der Waals surface area contributed by atoms with Crippen molar-refractivity contribution in [3.05, 3.63) is 40.9 Å². The summed E-state index contributed by atoms with van der Waals surface area (Å²) in [5, 5.41) is 8.47. The monoisotopic (exact) mass is 290 g/mol. The van der Waals surface area contributed by atoms with Crippen LogP contribution in [0.1, 0.15) is 29.9 Å². The van der Waals surface area contributed by atoms with Gasteiger partial charge in [-0.2, -0.15) is 0 Å². The third kappa shape index (κ3) is 3.71. The third-order valence-electron chi connectivity index (χ3n) is 2.62. The van der Waals surface area contributed by atoms with E-state index in [0.717, 1.165) is 11.4 Å². The minimum atomic E-state index is -0.125. The molecule has 1 amide bonds. The molecule has 0 radical (unpaired) electrons. The van der Waals surface area contributed by atoms with Gasteiger partial charge >= 0.3 is 0 Å². The second-order valence-corrected chi connectivity index (χ2v) is 5.59. The summed E-state index contributed by atoms with van der Waals surface area (Å²) in [4.78, 5) is 16.3. The van der Waals surface area contributed by atoms with Crippen LogP contribution in [-0.4, -0.2) is 16.9 Å². The van der Waals surface area contributed by atoms with Crippen LogP contribution >= 0.6 is 11.3 Å². The first-order valence-corrected chi connectivity index (χ1v) is 7.28. The van der Waals surface area contributed by atoms with Crippen LogP contribution in [-0.2, 0) is 6.54 Å². The number of hydrogen-bond acceptors (Lipinski definition) is 5. The molecule has 0 saturated heterocycles. The normalized spacial score (nSPS) is 10.6. The maximum Gasteiger partial charge on any atom is 0.253 e. The minimum absolute atomic E-state index is 0.125. The van der Waals surface area contributed by atoms with Crippen molar-refractivity contribution in [1.82, 2.24) is 10.3 Å². The number of amides is 1. The van der Waals surface area contributed by atoms with Crippen molar-refractivity contribution < 1.29 is 4.79 Å². The van der Waals surface area contributed by atoms with Gasteiger partial charge in [0.15, 0.2) is 5.13 Å². The second-order valence-electron chi connectivity index (χ2n) is 4.70. The molecule has 0 saturated carbocycles. The Balaban J connectivity index is 2.05. The van der Waals surface area contributed by atoms with E-state index in [1.54, 1.807) is 6.07 Å². The molecule has 4 N–H and O–H groups in total. The lowest BCUT2D eigenvalue weighted by Gasteiger charge is -2.14. The number of nitrogen functional groups attached to an aromatic ring is 1. The van der Waals surface area contributed by atoms with E-state index < -0.39 is 0 Å². The van der Waals surface area contributed by atoms with Crippen LogP contribution in [0.25, 0.3) is 0 Å². The van der Waals surface area contributed by atoms with Gasteiger partial charge in [0.05, 0.1) is 17.8 Å². The average Bonchev–Trinajstić information content (AvgIpc) is 2.82. The number of nitrogens with two attached hydrogens (primary N) is 1. The lowest BCUT2D eigenvalue weighted by Crippen LogP contribution is -2.25. The molecule has 0 aliphatic heterocycles. The maximum atomic E-state index is 12.2. The van der Waals surface area contributed by atoms with Crippen molar-refractivity contribution in [2.75, 3.05) is 11.1 Å². The number of carbonyl (C=O) groups is 1. The zero-order valence-electron chi connectivity index (χ0n) is 11.5. The summed E-state index contributed by atoms with van der Waals surface area (Å²) < 4.78 is 0. The van der Waals surface area contributed by atoms with Crippen LogP contribution in [0.3, 0.4) is 0 Å². The first kappa shape index (κ1) is 14.3. The quantitative estimate of drug-likeness (QED) is 0.790. The van der Waals surface area contributed by atoms with Gasteiger partial charge < -0.3 is 16.4 Å². The van der Waals surface area contributed by atoms with Gasteiger partial charge in [0.25, 0.3) is 5.91 Å². The van der Waals surface area contributed by atoms with Crippen LogP contribution < -0.4 is 16.4 Å². The Morgan fingerprint density at radius 1 is 1.40 bits per heavy atom. The molecule has 1 heterocycles. The highest BCUT2D eigenvalue weighted by atomic mass is 32.1. The largest absolute Gasteiger partial charge is 0.382 e. The zero-order valence-corrected chi connectivity index (χ0v) is 12.3. The van der Waals surface area contributed by atoms with Crippen molar-refractivity contribution in [3.63, 3.8) is 0 Å². The van der Waals surface area contributed by atoms with Crippen molar-refractivity contribution in [2.24, 2.45) is 0 Å². The molecule has 20 heavy (non-hydrogen) atoms. The lowest BCUT2D eigenvalue weighted by atomic mass is 10.1. The predicted molar refractivity (Wildman–Crippen MR) is 82.9 cm³/mol. The third-order valence-corrected chi connectivity index (χ3v) is 3.34. The Labute approximate surface area is 122 Å². The molecule has 0 fully saturated rings. The van der Waals surface area contributed by atoms with Crippen LogP contribution in [0.2, 0.25) is 0 Å². The molecule has 0 bridgehead atoms. The molecule has 0 aliphatic rings. The molecule has 6 heteroatoms. The molecule has 5 nitrogen and oxygen atoms in total. The second kappa shape index (κ2) is 6.38. The van der Waals surface area contributed by atoms with E-state index in [9.17, 15) is 4.79 Å². The summed E-state index contributed by atoms with van der Waals surface area (Å²) in [6.07, 6.45) is 0. The van der Waals surface area contributed by atoms with E-state index in [0.29, 0.717) is 17.2 Å². The maximum absolute atomic E-state index is 12.2. The number of nitrogens with zero attached hydrogens (tertiary/aromatic N) is 1. The Hall–Kier alpha value is -2.08. The number of benzene rings is 1. The highest BCUT2D eigenvalue weighted by Gasteiger charge is 2.11. The molecule has 0 spiro atoms. The van der Waals surface area contributed by atoms with E-state index in [-0.39, 0.29) is 11.9 Å². The smallest absolute Gasteiger partial charge is 0.253 e. The van der Waals surface area contributed by atoms with E-state index in [4.69, 9.17) is 5.73 Å². The Kier molecular flexibility index (Phi) is 4.57. The highest BCUT2D eigenvalue weighted by Crippen LogP contribution is 2.16. The lowest BCUT2D eigenvalue weighted by molar-refractivity contribution is 0.0951. The molecule has 0 atom stereocenters. The van der Waals surface area contributed by atoms with Gasteiger partial charge in [-0.3, -0.25) is 4.79 Å². The molecule has 0 aliphatic carbocycles. The molecule has 0 unspecified atom stereocenters. The van der Waals surface area contributed by atoms with Crippen molar-refractivity contribution in [3.8, 4) is 0 Å². The Morgan fingerprint density at radius 3 is 2.80 bits per heavy atom. The zero-order chi connectivity index (χ0) is 14.5. The van der Waals surface area contributed by atoms with Crippen molar-refractivity contribution in [2.45, 2.75) is 26.4 Å². The standard InChI is InChI=1S/C14H18N4OS/c1-9(2)17-12-6-4-3-5-11(12)13(19)16-7-10-8-20-14(15)18-10/h3-6,8-9,17H,7H2,1-2H3,(H2,15,18)(H,16,19). The van der Waals surface area contributed by atoms with Crippen LogP contribution in [0.4, 0.5) is 10.8 Å². The van der Waals surface area contributed by atoms with Gasteiger partial charge in [0.2, 0.25) is 0 Å². The van der Waals surface area contributed by atoms with Crippen LogP contribution in [0.5, 0.6) is 0 Å². The number of aromatic nitrogens is 1. The molecular weight excluding hydrogens is 272 g/mol. The SMILES string of the molecule is CC(C)Nc1ccccc1C(=O)NCc1csc(N)n1. The van der Waals surface area contributed by atoms with Crippen molar-refractivity contribution in [1.29, 1.82) is 0 Å². The number of anilines is 2. The number of nitrogens with one attached hydrogen (secondary N) is 2. The highest BCUT2D eigenvalue weighted by molar-refractivity contribution is 7.13. The Morgan fingerprint density at radius 2 is 2.15 bits per heavy atom. The van der Waals surface area contributed by atoms with Gasteiger partial charge in [-0.25, -0.2) is 4.98 Å². The summed E-state index contributed by atoms with van der Waals surface area (Å²) >= 11 is 1.37. The molecular formula is C14H18N4OS. The topological polar surface area (TPSA) is 80.0 Å². The van der Waals surface area contributed by atoms with E-state index in [1.807, 2.05) is 37.4 Å². The summed E-state index contributed by atoms with van der Waals surface area (Å²) in [7, 11) is 0. The summed E-state index contributed by atoms with van der Waals surface area (Å²) in [6.45, 7) is 4.45. The predicted octanol–water partition coefficient (Wildman–Crippen LogP) is 2.48. The van der Waals surface area contributed by atoms with Crippen molar-refractivity contribution >= 4 is 28.1 Å². The summed E-state index contributed by atoms with van der Waals surface area (Å²) in [5.41, 5.74) is 7.79.